The van der Waals surface area contributed by atoms with Gasteiger partial charge >= 0.3 is 0 Å². The largest absolute Gasteiger partial charge is 0.494 e. The van der Waals surface area contributed by atoms with Crippen LogP contribution in [0.2, 0.25) is 0 Å². The fourth-order valence-electron chi connectivity index (χ4n) is 2.97. The van der Waals surface area contributed by atoms with Gasteiger partial charge < -0.3 is 15.4 Å². The van der Waals surface area contributed by atoms with E-state index in [-0.39, 0.29) is 11.4 Å². The number of carbonyl (C=O) groups is 2. The van der Waals surface area contributed by atoms with Gasteiger partial charge in [-0.05, 0) is 66.6 Å². The summed E-state index contributed by atoms with van der Waals surface area (Å²) in [5.74, 6) is -0.345. The van der Waals surface area contributed by atoms with Crippen molar-refractivity contribution >= 4 is 29.3 Å². The quantitative estimate of drug-likeness (QED) is 0.188. The van der Waals surface area contributed by atoms with Gasteiger partial charge in [-0.1, -0.05) is 31.5 Å². The van der Waals surface area contributed by atoms with Crippen LogP contribution in [0.3, 0.4) is 0 Å². The predicted molar refractivity (Wildman–Crippen MR) is 130 cm³/mol. The molecule has 34 heavy (non-hydrogen) atoms. The maximum absolute atomic E-state index is 12.9. The minimum Gasteiger partial charge on any atom is -0.494 e. The summed E-state index contributed by atoms with van der Waals surface area (Å²) in [5, 5.41) is 16.3. The summed E-state index contributed by atoms with van der Waals surface area (Å²) < 4.78 is 5.62. The molecule has 174 valence electrons. The van der Waals surface area contributed by atoms with Crippen LogP contribution in [0.15, 0.2) is 84.6 Å². The second-order valence-corrected chi connectivity index (χ2v) is 7.41. The summed E-state index contributed by atoms with van der Waals surface area (Å²) >= 11 is 0. The number of nitrogens with zero attached hydrogens (tertiary/aromatic N) is 1. The van der Waals surface area contributed by atoms with Crippen LogP contribution < -0.4 is 15.4 Å². The number of hydrogen-bond donors (Lipinski definition) is 2. The molecule has 3 aromatic rings. The molecular formula is C26H25N3O5. The Hall–Kier alpha value is -4.46. The normalized spacial score (nSPS) is 10.9. The second kappa shape index (κ2) is 12.0. The zero-order valence-corrected chi connectivity index (χ0v) is 18.7. The van der Waals surface area contributed by atoms with Gasteiger partial charge in [0, 0.05) is 23.4 Å². The van der Waals surface area contributed by atoms with Crippen molar-refractivity contribution in [3.8, 4) is 5.75 Å². The molecule has 0 unspecified atom stereocenters. The van der Waals surface area contributed by atoms with Crippen molar-refractivity contribution in [1.82, 2.24) is 5.32 Å². The fraction of sp³-hybridized carbons (Fsp3) is 0.154. The van der Waals surface area contributed by atoms with E-state index in [0.717, 1.165) is 12.8 Å². The Kier molecular flexibility index (Phi) is 8.51. The van der Waals surface area contributed by atoms with Crippen molar-refractivity contribution < 1.29 is 19.2 Å². The molecule has 0 aromatic heterocycles. The number of carbonyl (C=O) groups excluding carboxylic acids is 2. The van der Waals surface area contributed by atoms with E-state index in [4.69, 9.17) is 4.74 Å². The summed E-state index contributed by atoms with van der Waals surface area (Å²) in [7, 11) is 0. The van der Waals surface area contributed by atoms with Crippen molar-refractivity contribution in [2.75, 3.05) is 11.9 Å². The highest BCUT2D eigenvalue weighted by Gasteiger charge is 2.16. The molecule has 8 nitrogen and oxygen atoms in total. The number of nitrogens with one attached hydrogen (secondary N) is 2. The first-order valence-corrected chi connectivity index (χ1v) is 10.8. The molecule has 0 saturated heterocycles. The van der Waals surface area contributed by atoms with Crippen LogP contribution in [0.5, 0.6) is 5.75 Å². The van der Waals surface area contributed by atoms with E-state index in [1.807, 2.05) is 6.07 Å². The summed E-state index contributed by atoms with van der Waals surface area (Å²) in [4.78, 5) is 36.2. The molecule has 0 bridgehead atoms. The standard InChI is InChI=1S/C26H25N3O5/c1-2-3-17-34-23-15-11-20(12-16-23)25(30)28-24(26(31)27-21-7-5-4-6-8-21)18-19-9-13-22(14-10-19)29(32)33/h4-16,18H,2-3,17H2,1H3,(H,27,31)(H,28,30). The van der Waals surface area contributed by atoms with Gasteiger partial charge in [-0.3, -0.25) is 19.7 Å². The van der Waals surface area contributed by atoms with Gasteiger partial charge in [-0.25, -0.2) is 0 Å². The van der Waals surface area contributed by atoms with Crippen molar-refractivity contribution in [3.05, 3.63) is 106 Å². The first kappa shape index (κ1) is 24.2. The number of rotatable bonds is 10. The molecule has 0 atom stereocenters. The molecule has 0 spiro atoms. The van der Waals surface area contributed by atoms with Gasteiger partial charge in [0.2, 0.25) is 0 Å². The molecular weight excluding hydrogens is 434 g/mol. The minimum atomic E-state index is -0.530. The number of amides is 2. The number of nitro benzene ring substituents is 1. The number of hydrogen-bond acceptors (Lipinski definition) is 5. The molecule has 8 heteroatoms. The number of para-hydroxylation sites is 1. The lowest BCUT2D eigenvalue weighted by Gasteiger charge is -2.12. The molecule has 0 aliphatic heterocycles. The zero-order valence-electron chi connectivity index (χ0n) is 18.7. The molecule has 0 saturated carbocycles. The number of benzene rings is 3. The number of non-ortho nitro benzene ring substituents is 1. The average molecular weight is 460 g/mol. The third-order valence-corrected chi connectivity index (χ3v) is 4.82. The zero-order chi connectivity index (χ0) is 24.3. The van der Waals surface area contributed by atoms with E-state index in [1.165, 1.54) is 30.3 Å². The molecule has 3 rings (SSSR count). The third-order valence-electron chi connectivity index (χ3n) is 4.82. The highest BCUT2D eigenvalue weighted by molar-refractivity contribution is 6.10. The molecule has 0 fully saturated rings. The Labute approximate surface area is 197 Å². The maximum atomic E-state index is 12.9. The highest BCUT2D eigenvalue weighted by Crippen LogP contribution is 2.17. The van der Waals surface area contributed by atoms with E-state index in [1.54, 1.807) is 48.5 Å². The van der Waals surface area contributed by atoms with Crippen LogP contribution in [0.1, 0.15) is 35.7 Å². The van der Waals surface area contributed by atoms with E-state index >= 15 is 0 Å². The Bertz CT molecular complexity index is 1160. The van der Waals surface area contributed by atoms with Crippen molar-refractivity contribution in [3.63, 3.8) is 0 Å². The van der Waals surface area contributed by atoms with Crippen LogP contribution in [0, 0.1) is 10.1 Å². The van der Waals surface area contributed by atoms with Crippen molar-refractivity contribution in [2.45, 2.75) is 19.8 Å². The fourth-order valence-corrected chi connectivity index (χ4v) is 2.97. The van der Waals surface area contributed by atoms with Crippen molar-refractivity contribution in [2.24, 2.45) is 0 Å². The first-order chi connectivity index (χ1) is 16.5. The molecule has 2 amide bonds. The lowest BCUT2D eigenvalue weighted by Crippen LogP contribution is -2.30. The van der Waals surface area contributed by atoms with Gasteiger partial charge in [0.1, 0.15) is 11.4 Å². The van der Waals surface area contributed by atoms with E-state index in [9.17, 15) is 19.7 Å². The van der Waals surface area contributed by atoms with Crippen LogP contribution in [-0.2, 0) is 4.79 Å². The Balaban J connectivity index is 1.80. The minimum absolute atomic E-state index is 0.00835. The smallest absolute Gasteiger partial charge is 0.272 e. The van der Waals surface area contributed by atoms with Gasteiger partial charge in [-0.2, -0.15) is 0 Å². The van der Waals surface area contributed by atoms with Crippen molar-refractivity contribution in [1.29, 1.82) is 0 Å². The van der Waals surface area contributed by atoms with Crippen LogP contribution in [0.4, 0.5) is 11.4 Å². The predicted octanol–water partition coefficient (Wildman–Crippen LogP) is 5.18. The van der Waals surface area contributed by atoms with Crippen LogP contribution in [0.25, 0.3) is 6.08 Å². The van der Waals surface area contributed by atoms with E-state index in [2.05, 4.69) is 17.6 Å². The van der Waals surface area contributed by atoms with Gasteiger partial charge in [0.25, 0.3) is 17.5 Å². The Morgan fingerprint density at radius 3 is 2.26 bits per heavy atom. The number of ether oxygens (including phenoxy) is 1. The van der Waals surface area contributed by atoms with Gasteiger partial charge in [0.05, 0.1) is 11.5 Å². The molecule has 2 N–H and O–H groups in total. The lowest BCUT2D eigenvalue weighted by molar-refractivity contribution is -0.384. The molecule has 3 aromatic carbocycles. The second-order valence-electron chi connectivity index (χ2n) is 7.41. The van der Waals surface area contributed by atoms with Gasteiger partial charge in [0.15, 0.2) is 0 Å². The Morgan fingerprint density at radius 2 is 1.65 bits per heavy atom. The monoisotopic (exact) mass is 459 g/mol. The average Bonchev–Trinajstić information content (AvgIpc) is 2.85. The SMILES string of the molecule is CCCCOc1ccc(C(=O)NC(=Cc2ccc([N+](=O)[O-])cc2)C(=O)Nc2ccccc2)cc1. The van der Waals surface area contributed by atoms with Crippen LogP contribution in [-0.4, -0.2) is 23.3 Å². The molecule has 0 aliphatic rings. The number of anilines is 1. The summed E-state index contributed by atoms with van der Waals surface area (Å²) in [6, 6.07) is 21.1. The number of nitro groups is 1. The first-order valence-electron chi connectivity index (χ1n) is 10.8. The van der Waals surface area contributed by atoms with Gasteiger partial charge in [-0.15, -0.1) is 0 Å². The van der Waals surface area contributed by atoms with Crippen LogP contribution >= 0.6 is 0 Å². The molecule has 0 heterocycles. The molecule has 0 aliphatic carbocycles. The highest BCUT2D eigenvalue weighted by atomic mass is 16.6. The van der Waals surface area contributed by atoms with E-state index in [0.29, 0.717) is 29.2 Å². The Morgan fingerprint density at radius 1 is 0.971 bits per heavy atom. The maximum Gasteiger partial charge on any atom is 0.272 e. The third kappa shape index (κ3) is 7.03. The molecule has 0 radical (unpaired) electrons. The van der Waals surface area contributed by atoms with E-state index < -0.39 is 16.7 Å². The summed E-state index contributed by atoms with van der Waals surface area (Å²) in [5.41, 5.74) is 1.35. The summed E-state index contributed by atoms with van der Waals surface area (Å²) in [6.07, 6.45) is 3.42. The topological polar surface area (TPSA) is 111 Å². The number of unbranched alkanes of at least 4 members (excludes halogenated alkanes) is 1. The lowest BCUT2D eigenvalue weighted by atomic mass is 10.1. The summed E-state index contributed by atoms with van der Waals surface area (Å²) in [6.45, 7) is 2.68.